The van der Waals surface area contributed by atoms with Crippen LogP contribution in [0.3, 0.4) is 0 Å². The van der Waals surface area contributed by atoms with Crippen molar-refractivity contribution in [3.63, 3.8) is 0 Å². The Kier molecular flexibility index (Phi) is 3.61. The number of aryl methyl sites for hydroxylation is 1. The van der Waals surface area contributed by atoms with Crippen LogP contribution in [0.25, 0.3) is 11.0 Å². The summed E-state index contributed by atoms with van der Waals surface area (Å²) < 4.78 is 0. The second-order valence-electron chi connectivity index (χ2n) is 4.81. The van der Waals surface area contributed by atoms with E-state index in [-0.39, 0.29) is 0 Å². The maximum absolute atomic E-state index is 6.12. The fourth-order valence-corrected chi connectivity index (χ4v) is 2.47. The number of benzene rings is 2. The molecule has 2 aromatic carbocycles. The van der Waals surface area contributed by atoms with Gasteiger partial charge in [-0.1, -0.05) is 35.9 Å². The van der Waals surface area contributed by atoms with Crippen LogP contribution in [0.4, 0.5) is 5.69 Å². The van der Waals surface area contributed by atoms with Crippen molar-refractivity contribution >= 4 is 28.3 Å². The molecule has 0 saturated carbocycles. The Morgan fingerprint density at radius 3 is 2.80 bits per heavy atom. The first kappa shape index (κ1) is 13.0. The first-order valence-electron chi connectivity index (χ1n) is 6.66. The van der Waals surface area contributed by atoms with Crippen LogP contribution in [0.5, 0.6) is 0 Å². The molecule has 3 rings (SSSR count). The number of nitrogens with zero attached hydrogens (tertiary/aromatic N) is 1. The molecule has 0 amide bonds. The molecule has 0 saturated heterocycles. The number of hydrogen-bond acceptors (Lipinski definition) is 2. The molecule has 1 heterocycles. The summed E-state index contributed by atoms with van der Waals surface area (Å²) in [5.74, 6) is 0.953. The second-order valence-corrected chi connectivity index (χ2v) is 5.22. The summed E-state index contributed by atoms with van der Waals surface area (Å²) in [4.78, 5) is 7.84. The first-order chi connectivity index (χ1) is 9.74. The lowest BCUT2D eigenvalue weighted by molar-refractivity contribution is 0.933. The summed E-state index contributed by atoms with van der Waals surface area (Å²) >= 11 is 6.12. The molecular weight excluding hydrogens is 270 g/mol. The molecule has 1 aromatic heterocycles. The highest BCUT2D eigenvalue weighted by atomic mass is 35.5. The van der Waals surface area contributed by atoms with Crippen molar-refractivity contribution in [1.29, 1.82) is 0 Å². The van der Waals surface area contributed by atoms with Crippen molar-refractivity contribution in [3.05, 3.63) is 58.9 Å². The van der Waals surface area contributed by atoms with Gasteiger partial charge in [-0.2, -0.15) is 0 Å². The molecule has 0 bridgehead atoms. The Morgan fingerprint density at radius 2 is 2.00 bits per heavy atom. The lowest BCUT2D eigenvalue weighted by Gasteiger charge is -2.07. The fourth-order valence-electron chi connectivity index (χ4n) is 2.25. The van der Waals surface area contributed by atoms with Crippen molar-refractivity contribution in [3.8, 4) is 0 Å². The fraction of sp³-hybridized carbons (Fsp3) is 0.188. The number of fused-ring (bicyclic) bond motifs is 1. The number of hydrogen-bond donors (Lipinski definition) is 2. The molecule has 0 radical (unpaired) electrons. The SMILES string of the molecule is Cc1ccccc1NCCc1nc2c(Cl)cccc2[nH]1. The maximum atomic E-state index is 6.12. The molecule has 0 spiro atoms. The Morgan fingerprint density at radius 1 is 1.15 bits per heavy atom. The summed E-state index contributed by atoms with van der Waals surface area (Å²) in [6, 6.07) is 14.1. The zero-order chi connectivity index (χ0) is 13.9. The molecule has 0 aliphatic heterocycles. The van der Waals surface area contributed by atoms with Crippen molar-refractivity contribution in [1.82, 2.24) is 9.97 Å². The molecule has 2 N–H and O–H groups in total. The van der Waals surface area contributed by atoms with Gasteiger partial charge in [-0.25, -0.2) is 4.98 Å². The van der Waals surface area contributed by atoms with Crippen LogP contribution >= 0.6 is 11.6 Å². The van der Waals surface area contributed by atoms with Crippen molar-refractivity contribution in [2.45, 2.75) is 13.3 Å². The van der Waals surface area contributed by atoms with Gasteiger partial charge in [-0.05, 0) is 30.7 Å². The normalized spacial score (nSPS) is 10.9. The monoisotopic (exact) mass is 285 g/mol. The third-order valence-electron chi connectivity index (χ3n) is 3.33. The van der Waals surface area contributed by atoms with Gasteiger partial charge >= 0.3 is 0 Å². The van der Waals surface area contributed by atoms with E-state index in [1.54, 1.807) is 0 Å². The van der Waals surface area contributed by atoms with E-state index in [9.17, 15) is 0 Å². The number of aromatic nitrogens is 2. The Hall–Kier alpha value is -2.00. The number of nitrogens with one attached hydrogen (secondary N) is 2. The topological polar surface area (TPSA) is 40.7 Å². The number of para-hydroxylation sites is 2. The van der Waals surface area contributed by atoms with Crippen molar-refractivity contribution in [2.24, 2.45) is 0 Å². The maximum Gasteiger partial charge on any atom is 0.109 e. The zero-order valence-corrected chi connectivity index (χ0v) is 12.0. The van der Waals surface area contributed by atoms with E-state index in [2.05, 4.69) is 34.3 Å². The van der Waals surface area contributed by atoms with Crippen LogP contribution in [0.2, 0.25) is 5.02 Å². The Balaban J connectivity index is 1.68. The molecular formula is C16H16ClN3. The molecule has 0 atom stereocenters. The summed E-state index contributed by atoms with van der Waals surface area (Å²) in [6.45, 7) is 2.94. The third kappa shape index (κ3) is 2.63. The van der Waals surface area contributed by atoms with E-state index in [4.69, 9.17) is 11.6 Å². The molecule has 3 aromatic rings. The van der Waals surface area contributed by atoms with Gasteiger partial charge in [0.15, 0.2) is 0 Å². The van der Waals surface area contributed by atoms with Gasteiger partial charge in [-0.15, -0.1) is 0 Å². The van der Waals surface area contributed by atoms with Crippen LogP contribution in [0, 0.1) is 6.92 Å². The Bertz CT molecular complexity index is 733. The minimum absolute atomic E-state index is 0.692. The summed E-state index contributed by atoms with van der Waals surface area (Å²) in [6.07, 6.45) is 0.833. The van der Waals surface area contributed by atoms with E-state index >= 15 is 0 Å². The van der Waals surface area contributed by atoms with E-state index in [0.717, 1.165) is 29.8 Å². The highest BCUT2D eigenvalue weighted by Crippen LogP contribution is 2.21. The molecule has 0 unspecified atom stereocenters. The average Bonchev–Trinajstić information content (AvgIpc) is 2.85. The number of halogens is 1. The predicted molar refractivity (Wildman–Crippen MR) is 84.5 cm³/mol. The molecule has 102 valence electrons. The second kappa shape index (κ2) is 5.55. The standard InChI is InChI=1S/C16H16ClN3/c1-11-5-2-3-7-13(11)18-10-9-15-19-14-8-4-6-12(17)16(14)20-15/h2-8,18H,9-10H2,1H3,(H,19,20). The van der Waals surface area contributed by atoms with E-state index in [0.29, 0.717) is 5.02 Å². The van der Waals surface area contributed by atoms with Gasteiger partial charge in [0.05, 0.1) is 10.5 Å². The smallest absolute Gasteiger partial charge is 0.109 e. The first-order valence-corrected chi connectivity index (χ1v) is 7.04. The zero-order valence-electron chi connectivity index (χ0n) is 11.3. The average molecular weight is 286 g/mol. The van der Waals surface area contributed by atoms with Gasteiger partial charge in [-0.3, -0.25) is 0 Å². The van der Waals surface area contributed by atoms with Crippen molar-refractivity contribution in [2.75, 3.05) is 11.9 Å². The van der Waals surface area contributed by atoms with Gasteiger partial charge in [0, 0.05) is 18.7 Å². The minimum Gasteiger partial charge on any atom is -0.384 e. The molecule has 4 heteroatoms. The third-order valence-corrected chi connectivity index (χ3v) is 3.64. The van der Waals surface area contributed by atoms with Gasteiger partial charge in [0.25, 0.3) is 0 Å². The quantitative estimate of drug-likeness (QED) is 0.755. The number of anilines is 1. The lowest BCUT2D eigenvalue weighted by Crippen LogP contribution is -2.06. The summed E-state index contributed by atoms with van der Waals surface area (Å²) in [5, 5.41) is 4.12. The lowest BCUT2D eigenvalue weighted by atomic mass is 10.2. The summed E-state index contributed by atoms with van der Waals surface area (Å²) in [5.41, 5.74) is 4.25. The molecule has 3 nitrogen and oxygen atoms in total. The summed E-state index contributed by atoms with van der Waals surface area (Å²) in [7, 11) is 0. The molecule has 0 aliphatic carbocycles. The largest absolute Gasteiger partial charge is 0.384 e. The van der Waals surface area contributed by atoms with E-state index < -0.39 is 0 Å². The molecule has 0 aliphatic rings. The van der Waals surface area contributed by atoms with Crippen LogP contribution < -0.4 is 5.32 Å². The van der Waals surface area contributed by atoms with Crippen LogP contribution in [0.15, 0.2) is 42.5 Å². The molecule has 20 heavy (non-hydrogen) atoms. The van der Waals surface area contributed by atoms with Crippen LogP contribution in [-0.2, 0) is 6.42 Å². The highest BCUT2D eigenvalue weighted by Gasteiger charge is 2.05. The minimum atomic E-state index is 0.692. The highest BCUT2D eigenvalue weighted by molar-refractivity contribution is 6.34. The van der Waals surface area contributed by atoms with Gasteiger partial charge < -0.3 is 10.3 Å². The van der Waals surface area contributed by atoms with Crippen molar-refractivity contribution < 1.29 is 0 Å². The van der Waals surface area contributed by atoms with Gasteiger partial charge in [0.2, 0.25) is 0 Å². The molecule has 0 fully saturated rings. The predicted octanol–water partition coefficient (Wildman–Crippen LogP) is 4.18. The van der Waals surface area contributed by atoms with Gasteiger partial charge in [0.1, 0.15) is 11.3 Å². The number of imidazole rings is 1. The number of aromatic amines is 1. The number of rotatable bonds is 4. The van der Waals surface area contributed by atoms with Crippen LogP contribution in [0.1, 0.15) is 11.4 Å². The Labute approximate surface area is 123 Å². The van der Waals surface area contributed by atoms with E-state index in [1.807, 2.05) is 30.3 Å². The number of H-pyrrole nitrogens is 1. The van der Waals surface area contributed by atoms with Crippen LogP contribution in [-0.4, -0.2) is 16.5 Å². The van der Waals surface area contributed by atoms with E-state index in [1.165, 1.54) is 11.3 Å².